The number of aryl methyl sites for hydroxylation is 1. The zero-order valence-electron chi connectivity index (χ0n) is 18.5. The molecule has 1 aliphatic heterocycles. The van der Waals surface area contributed by atoms with Crippen LogP contribution in [-0.4, -0.2) is 47.1 Å². The highest BCUT2D eigenvalue weighted by molar-refractivity contribution is 6.30. The maximum absolute atomic E-state index is 13.0. The van der Waals surface area contributed by atoms with Gasteiger partial charge in [-0.15, -0.1) is 0 Å². The number of nitrogens with one attached hydrogen (secondary N) is 1. The van der Waals surface area contributed by atoms with E-state index < -0.39 is 5.97 Å². The van der Waals surface area contributed by atoms with Gasteiger partial charge in [0.1, 0.15) is 0 Å². The lowest BCUT2D eigenvalue weighted by molar-refractivity contribution is -0.121. The summed E-state index contributed by atoms with van der Waals surface area (Å²) in [5.41, 5.74) is 2.68. The van der Waals surface area contributed by atoms with Crippen molar-refractivity contribution in [2.45, 2.75) is 26.3 Å². The van der Waals surface area contributed by atoms with Crippen molar-refractivity contribution in [1.82, 2.24) is 15.0 Å². The highest BCUT2D eigenvalue weighted by Crippen LogP contribution is 2.24. The van der Waals surface area contributed by atoms with Crippen LogP contribution in [-0.2, 0) is 16.1 Å². The molecule has 172 valence electrons. The van der Waals surface area contributed by atoms with E-state index in [4.69, 9.17) is 20.9 Å². The van der Waals surface area contributed by atoms with Crippen LogP contribution in [0, 0.1) is 12.8 Å². The minimum atomic E-state index is -0.439. The first kappa shape index (κ1) is 22.9. The molecule has 1 atom stereocenters. The summed E-state index contributed by atoms with van der Waals surface area (Å²) < 4.78 is 10.2. The number of esters is 1. The molecule has 1 aromatic heterocycles. The minimum absolute atomic E-state index is 0.0741. The number of hydrogen-bond donors (Lipinski definition) is 1. The summed E-state index contributed by atoms with van der Waals surface area (Å²) in [6.07, 6.45) is 1.67. The van der Waals surface area contributed by atoms with Crippen molar-refractivity contribution in [3.8, 4) is 11.4 Å². The number of likely N-dealkylation sites (tertiary alicyclic amines) is 1. The van der Waals surface area contributed by atoms with E-state index in [9.17, 15) is 9.59 Å². The Balaban J connectivity index is 1.39. The predicted octanol–water partition coefficient (Wildman–Crippen LogP) is 4.34. The van der Waals surface area contributed by atoms with Crippen molar-refractivity contribution in [2.24, 2.45) is 5.92 Å². The quantitative estimate of drug-likeness (QED) is 0.537. The number of piperidine rings is 1. The van der Waals surface area contributed by atoms with Crippen LogP contribution in [0.3, 0.4) is 0 Å². The van der Waals surface area contributed by atoms with E-state index in [2.05, 4.69) is 20.4 Å². The van der Waals surface area contributed by atoms with Crippen molar-refractivity contribution in [3.63, 3.8) is 0 Å². The average molecular weight is 469 g/mol. The van der Waals surface area contributed by atoms with Crippen LogP contribution in [0.15, 0.2) is 47.0 Å². The second-order valence-corrected chi connectivity index (χ2v) is 8.54. The number of benzene rings is 2. The highest BCUT2D eigenvalue weighted by atomic mass is 35.5. The predicted molar refractivity (Wildman–Crippen MR) is 124 cm³/mol. The molecule has 1 aliphatic rings. The number of carbonyl (C=O) groups is 2. The Labute approximate surface area is 196 Å². The number of ether oxygens (including phenoxy) is 1. The third kappa shape index (κ3) is 5.58. The van der Waals surface area contributed by atoms with Crippen molar-refractivity contribution >= 4 is 29.2 Å². The van der Waals surface area contributed by atoms with Gasteiger partial charge in [0, 0.05) is 22.8 Å². The molecule has 8 nitrogen and oxygen atoms in total. The fourth-order valence-electron chi connectivity index (χ4n) is 3.90. The van der Waals surface area contributed by atoms with Gasteiger partial charge in [0.2, 0.25) is 17.6 Å². The summed E-state index contributed by atoms with van der Waals surface area (Å²) >= 11 is 6.05. The number of carbonyl (C=O) groups excluding carboxylic acids is 2. The maximum Gasteiger partial charge on any atom is 0.337 e. The minimum Gasteiger partial charge on any atom is -0.465 e. The Morgan fingerprint density at radius 2 is 2.12 bits per heavy atom. The number of nitrogens with zero attached hydrogens (tertiary/aromatic N) is 3. The molecule has 1 saturated heterocycles. The van der Waals surface area contributed by atoms with Gasteiger partial charge in [0.05, 0.1) is 25.1 Å². The fraction of sp³-hybridized carbons (Fsp3) is 0.333. The van der Waals surface area contributed by atoms with Gasteiger partial charge >= 0.3 is 5.97 Å². The van der Waals surface area contributed by atoms with Crippen molar-refractivity contribution in [2.75, 3.05) is 25.5 Å². The lowest BCUT2D eigenvalue weighted by Crippen LogP contribution is -2.40. The topological polar surface area (TPSA) is 97.6 Å². The Hall–Kier alpha value is -3.23. The average Bonchev–Trinajstić information content (AvgIpc) is 3.28. The monoisotopic (exact) mass is 468 g/mol. The van der Waals surface area contributed by atoms with E-state index in [1.807, 2.05) is 19.1 Å². The third-order valence-electron chi connectivity index (χ3n) is 5.70. The molecule has 2 heterocycles. The van der Waals surface area contributed by atoms with Crippen LogP contribution in [0.5, 0.6) is 0 Å². The molecule has 1 fully saturated rings. The van der Waals surface area contributed by atoms with E-state index in [0.29, 0.717) is 41.1 Å². The van der Waals surface area contributed by atoms with Crippen LogP contribution in [0.1, 0.15) is 34.7 Å². The van der Waals surface area contributed by atoms with Crippen molar-refractivity contribution in [3.05, 3.63) is 64.5 Å². The number of amides is 1. The summed E-state index contributed by atoms with van der Waals surface area (Å²) in [5, 5.41) is 7.64. The fourth-order valence-corrected chi connectivity index (χ4v) is 4.09. The Bertz CT molecular complexity index is 1160. The summed E-state index contributed by atoms with van der Waals surface area (Å²) in [5.74, 6) is 0.281. The lowest BCUT2D eigenvalue weighted by Gasteiger charge is -2.31. The first-order valence-corrected chi connectivity index (χ1v) is 11.1. The molecule has 3 aromatic rings. The largest absolute Gasteiger partial charge is 0.465 e. The van der Waals surface area contributed by atoms with Gasteiger partial charge in [0.15, 0.2) is 0 Å². The second kappa shape index (κ2) is 10.1. The Kier molecular flexibility index (Phi) is 7.05. The standard InChI is InChI=1S/C24H25ClN4O4/c1-15-8-9-17(24(31)32-2)12-20(15)26-23(30)18-6-4-10-29(13-18)14-21-27-22(28-33-21)16-5-3-7-19(25)11-16/h3,5,7-9,11-12,18H,4,6,10,13-14H2,1-2H3,(H,26,30). The molecule has 1 amide bonds. The van der Waals surface area contributed by atoms with Crippen molar-refractivity contribution in [1.29, 1.82) is 0 Å². The first-order chi connectivity index (χ1) is 15.9. The normalized spacial score (nSPS) is 16.4. The number of hydrogen-bond acceptors (Lipinski definition) is 7. The van der Waals surface area contributed by atoms with E-state index in [1.165, 1.54) is 7.11 Å². The van der Waals surface area contributed by atoms with Gasteiger partial charge in [-0.05, 0) is 56.1 Å². The Morgan fingerprint density at radius 1 is 1.27 bits per heavy atom. The van der Waals surface area contributed by atoms with E-state index in [-0.39, 0.29) is 11.8 Å². The molecular formula is C24H25ClN4O4. The number of halogens is 1. The molecule has 0 aliphatic carbocycles. The Morgan fingerprint density at radius 3 is 2.91 bits per heavy atom. The van der Waals surface area contributed by atoms with Crippen LogP contribution < -0.4 is 5.32 Å². The van der Waals surface area contributed by atoms with Gasteiger partial charge in [0.25, 0.3) is 0 Å². The summed E-state index contributed by atoms with van der Waals surface area (Å²) in [7, 11) is 1.33. The summed E-state index contributed by atoms with van der Waals surface area (Å²) in [6, 6.07) is 12.4. The zero-order valence-corrected chi connectivity index (χ0v) is 19.3. The van der Waals surface area contributed by atoms with E-state index in [1.54, 1.807) is 30.3 Å². The summed E-state index contributed by atoms with van der Waals surface area (Å²) in [4.78, 5) is 31.4. The van der Waals surface area contributed by atoms with Gasteiger partial charge in [-0.25, -0.2) is 4.79 Å². The molecular weight excluding hydrogens is 444 g/mol. The molecule has 0 radical (unpaired) electrons. The smallest absolute Gasteiger partial charge is 0.337 e. The van der Waals surface area contributed by atoms with Gasteiger partial charge in [-0.1, -0.05) is 35.0 Å². The first-order valence-electron chi connectivity index (χ1n) is 10.7. The molecule has 0 saturated carbocycles. The molecule has 9 heteroatoms. The van der Waals surface area contributed by atoms with E-state index in [0.717, 1.165) is 30.5 Å². The summed E-state index contributed by atoms with van der Waals surface area (Å²) in [6.45, 7) is 3.77. The number of aromatic nitrogens is 2. The lowest BCUT2D eigenvalue weighted by atomic mass is 9.96. The molecule has 0 spiro atoms. The molecule has 2 aromatic carbocycles. The molecule has 4 rings (SSSR count). The van der Waals surface area contributed by atoms with Gasteiger partial charge in [-0.2, -0.15) is 4.98 Å². The van der Waals surface area contributed by atoms with Gasteiger partial charge < -0.3 is 14.6 Å². The number of anilines is 1. The molecule has 33 heavy (non-hydrogen) atoms. The van der Waals surface area contributed by atoms with E-state index >= 15 is 0 Å². The molecule has 1 N–H and O–H groups in total. The molecule has 1 unspecified atom stereocenters. The zero-order chi connectivity index (χ0) is 23.4. The third-order valence-corrected chi connectivity index (χ3v) is 5.94. The SMILES string of the molecule is COC(=O)c1ccc(C)c(NC(=O)C2CCCN(Cc3nc(-c4cccc(Cl)c4)no3)C2)c1. The second-order valence-electron chi connectivity index (χ2n) is 8.11. The van der Waals surface area contributed by atoms with Crippen LogP contribution >= 0.6 is 11.6 Å². The van der Waals surface area contributed by atoms with Crippen molar-refractivity contribution < 1.29 is 18.8 Å². The highest BCUT2D eigenvalue weighted by Gasteiger charge is 2.27. The molecule has 0 bridgehead atoms. The van der Waals surface area contributed by atoms with Crippen LogP contribution in [0.4, 0.5) is 5.69 Å². The number of methoxy groups -OCH3 is 1. The van der Waals surface area contributed by atoms with Crippen LogP contribution in [0.2, 0.25) is 5.02 Å². The van der Waals surface area contributed by atoms with Crippen LogP contribution in [0.25, 0.3) is 11.4 Å². The maximum atomic E-state index is 13.0. The van der Waals surface area contributed by atoms with Gasteiger partial charge in [-0.3, -0.25) is 9.69 Å². The number of rotatable bonds is 6.